The maximum atomic E-state index is 12.7. The molecule has 0 radical (unpaired) electrons. The molecule has 5 heteroatoms. The highest BCUT2D eigenvalue weighted by Gasteiger charge is 2.63. The van der Waals surface area contributed by atoms with Gasteiger partial charge in [0, 0.05) is 16.6 Å². The van der Waals surface area contributed by atoms with Crippen LogP contribution in [0.3, 0.4) is 0 Å². The molecule has 0 N–H and O–H groups in total. The molecule has 2 aromatic carbocycles. The summed E-state index contributed by atoms with van der Waals surface area (Å²) in [6, 6.07) is 18.9. The lowest BCUT2D eigenvalue weighted by molar-refractivity contribution is -0.121. The number of halogens is 1. The molecule has 3 atom stereocenters. The van der Waals surface area contributed by atoms with Crippen LogP contribution >= 0.6 is 15.9 Å². The normalized spacial score (nSPS) is 24.4. The Balaban J connectivity index is 2.00. The SMILES string of the molecule is CC(=O)[C@H]1[C@H](c2ccc(Br)cc2)C(C#N)(C#N)[C@@H]2c3ccccc3C=CN21. The van der Waals surface area contributed by atoms with Gasteiger partial charge in [0.1, 0.15) is 0 Å². The minimum absolute atomic E-state index is 0.0516. The number of rotatable bonds is 2. The zero-order chi connectivity index (χ0) is 19.2. The number of nitrogens with zero attached hydrogens (tertiary/aromatic N) is 3. The summed E-state index contributed by atoms with van der Waals surface area (Å²) in [5.74, 6) is -0.594. The fourth-order valence-corrected chi connectivity index (χ4v) is 4.76. The molecule has 0 saturated carbocycles. The summed E-state index contributed by atoms with van der Waals surface area (Å²) < 4.78 is 0.908. The number of hydrogen-bond acceptors (Lipinski definition) is 4. The summed E-state index contributed by atoms with van der Waals surface area (Å²) in [5, 5.41) is 20.4. The second kappa shape index (κ2) is 6.37. The van der Waals surface area contributed by atoms with E-state index in [1.165, 1.54) is 6.92 Å². The molecule has 2 aromatic rings. The van der Waals surface area contributed by atoms with Crippen LogP contribution in [0.25, 0.3) is 6.08 Å². The van der Waals surface area contributed by atoms with Crippen LogP contribution in [0.1, 0.15) is 35.6 Å². The third kappa shape index (κ3) is 2.43. The van der Waals surface area contributed by atoms with Gasteiger partial charge in [-0.3, -0.25) is 4.79 Å². The van der Waals surface area contributed by atoms with Crippen molar-refractivity contribution in [3.8, 4) is 12.1 Å². The molecule has 0 aromatic heterocycles. The number of fused-ring (bicyclic) bond motifs is 3. The van der Waals surface area contributed by atoms with Gasteiger partial charge in [-0.15, -0.1) is 0 Å². The Morgan fingerprint density at radius 2 is 1.78 bits per heavy atom. The van der Waals surface area contributed by atoms with Gasteiger partial charge in [-0.05, 0) is 41.8 Å². The Bertz CT molecular complexity index is 1010. The molecule has 0 aliphatic carbocycles. The Labute approximate surface area is 166 Å². The topological polar surface area (TPSA) is 67.9 Å². The molecule has 0 bridgehead atoms. The lowest BCUT2D eigenvalue weighted by Gasteiger charge is -2.34. The first kappa shape index (κ1) is 17.5. The molecular weight excluding hydrogens is 402 g/mol. The highest BCUT2D eigenvalue weighted by Crippen LogP contribution is 2.59. The first-order valence-electron chi connectivity index (χ1n) is 8.66. The number of benzene rings is 2. The highest BCUT2D eigenvalue weighted by molar-refractivity contribution is 9.10. The van der Waals surface area contributed by atoms with Gasteiger partial charge in [-0.1, -0.05) is 52.3 Å². The predicted octanol–water partition coefficient (Wildman–Crippen LogP) is 4.57. The van der Waals surface area contributed by atoms with E-state index in [4.69, 9.17) is 0 Å². The van der Waals surface area contributed by atoms with Gasteiger partial charge in [-0.2, -0.15) is 10.5 Å². The van der Waals surface area contributed by atoms with Gasteiger partial charge in [0.15, 0.2) is 11.2 Å². The van der Waals surface area contributed by atoms with Crippen molar-refractivity contribution >= 4 is 27.8 Å². The molecule has 2 aliphatic rings. The van der Waals surface area contributed by atoms with E-state index in [0.717, 1.165) is 21.2 Å². The fraction of sp³-hybridized carbons (Fsp3) is 0.227. The zero-order valence-corrected chi connectivity index (χ0v) is 16.2. The summed E-state index contributed by atoms with van der Waals surface area (Å²) in [5.41, 5.74) is 1.34. The van der Waals surface area contributed by atoms with E-state index in [1.54, 1.807) is 0 Å². The molecule has 0 amide bonds. The van der Waals surface area contributed by atoms with Crippen molar-refractivity contribution in [1.29, 1.82) is 10.5 Å². The molecule has 132 valence electrons. The quantitative estimate of drug-likeness (QED) is 0.717. The summed E-state index contributed by atoms with van der Waals surface area (Å²) in [6.07, 6.45) is 3.81. The third-order valence-electron chi connectivity index (χ3n) is 5.59. The standard InChI is InChI=1S/C22H16BrN3O/c1-14(27)20-19(16-6-8-17(23)9-7-16)22(12-24,13-25)21-18-5-3-2-4-15(18)10-11-26(20)21/h2-11,19-21H,1H3/t19-,20-,21-/m0/s1. The van der Waals surface area contributed by atoms with E-state index < -0.39 is 23.4 Å². The summed E-state index contributed by atoms with van der Waals surface area (Å²) in [6.45, 7) is 1.53. The van der Waals surface area contributed by atoms with Gasteiger partial charge in [0.2, 0.25) is 0 Å². The molecule has 2 heterocycles. The first-order chi connectivity index (χ1) is 13.0. The van der Waals surface area contributed by atoms with E-state index in [0.29, 0.717) is 0 Å². The number of Topliss-reactive ketones (excluding diaryl/α,β-unsaturated/α-hetero) is 1. The van der Waals surface area contributed by atoms with Gasteiger partial charge in [-0.25, -0.2) is 0 Å². The van der Waals surface area contributed by atoms with Crippen LogP contribution in [0, 0.1) is 28.1 Å². The Kier molecular flexibility index (Phi) is 4.13. The van der Waals surface area contributed by atoms with Crippen LogP contribution < -0.4 is 0 Å². The average molecular weight is 418 g/mol. The molecule has 1 fully saturated rings. The lowest BCUT2D eigenvalue weighted by atomic mass is 9.68. The smallest absolute Gasteiger partial charge is 0.177 e. The summed E-state index contributed by atoms with van der Waals surface area (Å²) >= 11 is 3.42. The maximum Gasteiger partial charge on any atom is 0.177 e. The second-order valence-electron chi connectivity index (χ2n) is 6.97. The molecule has 0 spiro atoms. The number of ketones is 1. The van der Waals surface area contributed by atoms with Gasteiger partial charge in [0.05, 0.1) is 24.2 Å². The summed E-state index contributed by atoms with van der Waals surface area (Å²) in [7, 11) is 0. The molecule has 2 aliphatic heterocycles. The van der Waals surface area contributed by atoms with Crippen LogP contribution in [0.5, 0.6) is 0 Å². The van der Waals surface area contributed by atoms with Gasteiger partial charge in [0.25, 0.3) is 0 Å². The molecule has 27 heavy (non-hydrogen) atoms. The molecule has 0 unspecified atom stereocenters. The maximum absolute atomic E-state index is 12.7. The van der Waals surface area contributed by atoms with E-state index >= 15 is 0 Å². The summed E-state index contributed by atoms with van der Waals surface area (Å²) in [4.78, 5) is 14.6. The van der Waals surface area contributed by atoms with E-state index in [9.17, 15) is 15.3 Å². The predicted molar refractivity (Wildman–Crippen MR) is 105 cm³/mol. The lowest BCUT2D eigenvalue weighted by Crippen LogP contribution is -2.36. The molecule has 4 nitrogen and oxygen atoms in total. The first-order valence-corrected chi connectivity index (χ1v) is 9.46. The van der Waals surface area contributed by atoms with Gasteiger partial charge >= 0.3 is 0 Å². The number of carbonyl (C=O) groups excluding carboxylic acids is 1. The van der Waals surface area contributed by atoms with Crippen molar-refractivity contribution < 1.29 is 4.79 Å². The van der Waals surface area contributed by atoms with Crippen molar-refractivity contribution in [3.63, 3.8) is 0 Å². The van der Waals surface area contributed by atoms with Gasteiger partial charge < -0.3 is 4.90 Å². The third-order valence-corrected chi connectivity index (χ3v) is 6.12. The minimum Gasteiger partial charge on any atom is -0.357 e. The van der Waals surface area contributed by atoms with Crippen molar-refractivity contribution in [2.75, 3.05) is 0 Å². The van der Waals surface area contributed by atoms with Crippen molar-refractivity contribution in [1.82, 2.24) is 4.90 Å². The highest BCUT2D eigenvalue weighted by atomic mass is 79.9. The van der Waals surface area contributed by atoms with E-state index in [-0.39, 0.29) is 5.78 Å². The fourth-order valence-electron chi connectivity index (χ4n) is 4.50. The van der Waals surface area contributed by atoms with Crippen molar-refractivity contribution in [2.24, 2.45) is 5.41 Å². The van der Waals surface area contributed by atoms with Crippen LogP contribution in [-0.4, -0.2) is 16.7 Å². The number of carbonyl (C=O) groups is 1. The van der Waals surface area contributed by atoms with Crippen LogP contribution in [0.4, 0.5) is 0 Å². The van der Waals surface area contributed by atoms with Crippen molar-refractivity contribution in [2.45, 2.75) is 24.9 Å². The largest absolute Gasteiger partial charge is 0.357 e. The number of nitriles is 2. The Hall–Kier alpha value is -2.89. The van der Waals surface area contributed by atoms with E-state index in [1.807, 2.05) is 65.7 Å². The van der Waals surface area contributed by atoms with Crippen LogP contribution in [0.2, 0.25) is 0 Å². The number of hydrogen-bond donors (Lipinski definition) is 0. The Morgan fingerprint density at radius 1 is 1.11 bits per heavy atom. The molecule has 4 rings (SSSR count). The average Bonchev–Trinajstić information content (AvgIpc) is 3.00. The van der Waals surface area contributed by atoms with Crippen molar-refractivity contribution in [3.05, 3.63) is 75.9 Å². The zero-order valence-electron chi connectivity index (χ0n) is 14.6. The molecular formula is C22H16BrN3O. The van der Waals surface area contributed by atoms with E-state index in [2.05, 4.69) is 28.1 Å². The van der Waals surface area contributed by atoms with Crippen LogP contribution in [-0.2, 0) is 4.79 Å². The minimum atomic E-state index is -1.37. The second-order valence-corrected chi connectivity index (χ2v) is 7.89. The Morgan fingerprint density at radius 3 is 2.41 bits per heavy atom. The van der Waals surface area contributed by atoms with Crippen LogP contribution in [0.15, 0.2) is 59.2 Å². The molecule has 1 saturated heterocycles. The monoisotopic (exact) mass is 417 g/mol.